The van der Waals surface area contributed by atoms with Crippen LogP contribution in [0.1, 0.15) is 5.56 Å². The lowest BCUT2D eigenvalue weighted by molar-refractivity contribution is -0.384. The molecule has 2 aromatic carbocycles. The van der Waals surface area contributed by atoms with Gasteiger partial charge in [0.25, 0.3) is 5.69 Å². The second-order valence-electron chi connectivity index (χ2n) is 4.62. The molecule has 0 spiro atoms. The van der Waals surface area contributed by atoms with E-state index in [-0.39, 0.29) is 11.2 Å². The van der Waals surface area contributed by atoms with Gasteiger partial charge in [0.2, 0.25) is 0 Å². The van der Waals surface area contributed by atoms with E-state index in [4.69, 9.17) is 18.0 Å². The topological polar surface area (TPSA) is 112 Å². The van der Waals surface area contributed by atoms with Gasteiger partial charge >= 0.3 is 0 Å². The highest BCUT2D eigenvalue weighted by molar-refractivity contribution is 6.34. The molecule has 3 rings (SSSR count). The highest BCUT2D eigenvalue weighted by atomic mass is 35.5. The summed E-state index contributed by atoms with van der Waals surface area (Å²) in [5.74, 6) is 2.99. The summed E-state index contributed by atoms with van der Waals surface area (Å²) in [5.41, 5.74) is 1.58. The highest BCUT2D eigenvalue weighted by Gasteiger charge is 2.12. The van der Waals surface area contributed by atoms with Gasteiger partial charge in [0.1, 0.15) is 12.1 Å². The lowest BCUT2D eigenvalue weighted by Gasteiger charge is -2.10. The molecule has 0 unspecified atom stereocenters. The predicted molar refractivity (Wildman–Crippen MR) is 92.5 cm³/mol. The molecule has 1 heterocycles. The lowest BCUT2D eigenvalue weighted by Crippen LogP contribution is -1.98. The smallest absolute Gasteiger partial charge is 0.271 e. The Morgan fingerprint density at radius 2 is 2.04 bits per heavy atom. The van der Waals surface area contributed by atoms with Gasteiger partial charge in [-0.3, -0.25) is 10.1 Å². The molecular weight excluding hydrogens is 332 g/mol. The Kier molecular flexibility index (Phi) is 4.94. The fraction of sp³-hybridized carbons (Fsp3) is 0. The maximum absolute atomic E-state index is 10.8. The third kappa shape index (κ3) is 3.10. The number of hydrogen-bond acceptors (Lipinski definition) is 5. The van der Waals surface area contributed by atoms with E-state index in [0.29, 0.717) is 33.0 Å². The van der Waals surface area contributed by atoms with Crippen molar-refractivity contribution in [2.45, 2.75) is 0 Å². The summed E-state index contributed by atoms with van der Waals surface area (Å²) in [6, 6.07) is 9.65. The molecule has 0 aliphatic heterocycles. The van der Waals surface area contributed by atoms with Crippen molar-refractivity contribution < 1.29 is 10.4 Å². The number of nitro groups is 1. The summed E-state index contributed by atoms with van der Waals surface area (Å²) >= 11 is 6.24. The molecule has 3 aromatic rings. The van der Waals surface area contributed by atoms with Gasteiger partial charge in [0.05, 0.1) is 21.2 Å². The van der Waals surface area contributed by atoms with Crippen molar-refractivity contribution in [3.05, 3.63) is 63.4 Å². The van der Waals surface area contributed by atoms with Crippen molar-refractivity contribution in [3.8, 4) is 12.3 Å². The fourth-order valence-corrected chi connectivity index (χ4v) is 2.35. The van der Waals surface area contributed by atoms with Gasteiger partial charge in [-0.1, -0.05) is 23.6 Å². The van der Waals surface area contributed by atoms with Crippen molar-refractivity contribution in [1.82, 2.24) is 9.97 Å². The van der Waals surface area contributed by atoms with E-state index in [1.54, 1.807) is 24.3 Å². The van der Waals surface area contributed by atoms with E-state index in [9.17, 15) is 10.1 Å². The van der Waals surface area contributed by atoms with Crippen molar-refractivity contribution in [2.75, 3.05) is 5.32 Å². The predicted octanol–water partition coefficient (Wildman–Crippen LogP) is 3.09. The summed E-state index contributed by atoms with van der Waals surface area (Å²) in [7, 11) is 0. The van der Waals surface area contributed by atoms with E-state index in [1.165, 1.54) is 18.5 Å². The molecular formula is C16H11ClN4O3. The van der Waals surface area contributed by atoms with E-state index >= 15 is 0 Å². The van der Waals surface area contributed by atoms with Gasteiger partial charge in [0, 0.05) is 23.1 Å². The minimum absolute atomic E-state index is 0. The molecule has 0 fully saturated rings. The zero-order valence-electron chi connectivity index (χ0n) is 12.2. The first kappa shape index (κ1) is 17.1. The first-order valence-electron chi connectivity index (χ1n) is 6.51. The van der Waals surface area contributed by atoms with Crippen LogP contribution in [-0.4, -0.2) is 20.4 Å². The molecule has 0 bridgehead atoms. The average molecular weight is 343 g/mol. The Morgan fingerprint density at radius 3 is 2.75 bits per heavy atom. The molecule has 3 N–H and O–H groups in total. The van der Waals surface area contributed by atoms with E-state index in [1.807, 2.05) is 0 Å². The third-order valence-corrected chi connectivity index (χ3v) is 3.65. The van der Waals surface area contributed by atoms with Crippen molar-refractivity contribution in [2.24, 2.45) is 0 Å². The molecule has 0 radical (unpaired) electrons. The largest absolute Gasteiger partial charge is 0.412 e. The minimum atomic E-state index is -0.470. The number of benzene rings is 2. The first-order chi connectivity index (χ1) is 11.1. The number of nitro benzene ring substituents is 1. The van der Waals surface area contributed by atoms with Crippen LogP contribution in [0.4, 0.5) is 17.2 Å². The van der Waals surface area contributed by atoms with Gasteiger partial charge in [-0.25, -0.2) is 9.97 Å². The zero-order chi connectivity index (χ0) is 16.4. The summed E-state index contributed by atoms with van der Waals surface area (Å²) in [4.78, 5) is 18.6. The molecule has 0 aliphatic rings. The van der Waals surface area contributed by atoms with Crippen LogP contribution in [0.15, 0.2) is 42.7 Å². The fourth-order valence-electron chi connectivity index (χ4n) is 2.13. The summed E-state index contributed by atoms with van der Waals surface area (Å²) in [6.45, 7) is 0. The lowest BCUT2D eigenvalue weighted by atomic mass is 10.2. The van der Waals surface area contributed by atoms with E-state index in [2.05, 4.69) is 21.2 Å². The van der Waals surface area contributed by atoms with Crippen LogP contribution in [-0.2, 0) is 0 Å². The molecule has 8 heteroatoms. The monoisotopic (exact) mass is 342 g/mol. The van der Waals surface area contributed by atoms with Gasteiger partial charge in [-0.05, 0) is 18.2 Å². The van der Waals surface area contributed by atoms with Gasteiger partial charge in [-0.15, -0.1) is 6.42 Å². The maximum atomic E-state index is 10.8. The van der Waals surface area contributed by atoms with Gasteiger partial charge in [0.15, 0.2) is 0 Å². The molecule has 0 saturated heterocycles. The average Bonchev–Trinajstić information content (AvgIpc) is 2.56. The van der Waals surface area contributed by atoms with Crippen LogP contribution >= 0.6 is 11.6 Å². The number of nitrogens with zero attached hydrogens (tertiary/aromatic N) is 3. The maximum Gasteiger partial charge on any atom is 0.271 e. The SMILES string of the molecule is C#Cc1cccc(Nc2ncnc3cc([N+](=O)[O-])ccc23)c1Cl.O. The van der Waals surface area contributed by atoms with Crippen molar-refractivity contribution in [3.63, 3.8) is 0 Å². The van der Waals surface area contributed by atoms with Crippen LogP contribution in [0.25, 0.3) is 10.9 Å². The van der Waals surface area contributed by atoms with E-state index in [0.717, 1.165) is 0 Å². The van der Waals surface area contributed by atoms with Crippen LogP contribution < -0.4 is 5.32 Å². The molecule has 7 nitrogen and oxygen atoms in total. The Balaban J connectivity index is 0.00000208. The van der Waals surface area contributed by atoms with Crippen molar-refractivity contribution in [1.29, 1.82) is 0 Å². The number of hydrogen-bond donors (Lipinski definition) is 1. The van der Waals surface area contributed by atoms with Gasteiger partial charge < -0.3 is 10.8 Å². The Hall–Kier alpha value is -3.21. The Labute approximate surface area is 141 Å². The third-order valence-electron chi connectivity index (χ3n) is 3.24. The van der Waals surface area contributed by atoms with Crippen LogP contribution in [0.2, 0.25) is 5.02 Å². The number of rotatable bonds is 3. The quantitative estimate of drug-likeness (QED) is 0.446. The Morgan fingerprint density at radius 1 is 1.25 bits per heavy atom. The van der Waals surface area contributed by atoms with E-state index < -0.39 is 4.92 Å². The number of nitrogens with one attached hydrogen (secondary N) is 1. The second-order valence-corrected chi connectivity index (χ2v) is 5.00. The zero-order valence-corrected chi connectivity index (χ0v) is 12.9. The summed E-state index contributed by atoms with van der Waals surface area (Å²) in [6.07, 6.45) is 6.72. The van der Waals surface area contributed by atoms with Crippen molar-refractivity contribution >= 4 is 39.7 Å². The second kappa shape index (κ2) is 6.91. The summed E-state index contributed by atoms with van der Waals surface area (Å²) < 4.78 is 0. The standard InChI is InChI=1S/C16H9ClN4O2.H2O/c1-2-10-4-3-5-13(15(10)17)20-16-12-7-6-11(21(22)23)8-14(12)18-9-19-16;/h1,3-9H,(H,18,19,20);1H2. The molecule has 120 valence electrons. The molecule has 24 heavy (non-hydrogen) atoms. The number of halogens is 1. The minimum Gasteiger partial charge on any atom is -0.412 e. The van der Waals surface area contributed by atoms with Gasteiger partial charge in [-0.2, -0.15) is 0 Å². The number of fused-ring (bicyclic) bond motifs is 1. The molecule has 0 amide bonds. The van der Waals surface area contributed by atoms with Crippen LogP contribution in [0.5, 0.6) is 0 Å². The number of terminal acetylenes is 1. The molecule has 0 aliphatic carbocycles. The number of anilines is 2. The normalized spacial score (nSPS) is 9.83. The highest BCUT2D eigenvalue weighted by Crippen LogP contribution is 2.31. The molecule has 0 saturated carbocycles. The molecule has 1 aromatic heterocycles. The molecule has 0 atom stereocenters. The number of non-ortho nitro benzene ring substituents is 1. The summed E-state index contributed by atoms with van der Waals surface area (Å²) in [5, 5.41) is 15.0. The Bertz CT molecular complexity index is 969. The number of aromatic nitrogens is 2. The first-order valence-corrected chi connectivity index (χ1v) is 6.89. The van der Waals surface area contributed by atoms with Crippen LogP contribution in [0, 0.1) is 22.5 Å². The van der Waals surface area contributed by atoms with Crippen LogP contribution in [0.3, 0.4) is 0 Å².